The second-order valence-corrected chi connectivity index (χ2v) is 8.56. The Labute approximate surface area is 206 Å². The highest BCUT2D eigenvalue weighted by atomic mass is 16.5. The predicted molar refractivity (Wildman–Crippen MR) is 143 cm³/mol. The first-order chi connectivity index (χ1) is 17.3. The van der Waals surface area contributed by atoms with Gasteiger partial charge in [0.15, 0.2) is 0 Å². The van der Waals surface area contributed by atoms with Crippen molar-refractivity contribution in [3.63, 3.8) is 0 Å². The van der Waals surface area contributed by atoms with Gasteiger partial charge in [-0.3, -0.25) is 0 Å². The van der Waals surface area contributed by atoms with Gasteiger partial charge in [0, 0.05) is 23.8 Å². The maximum atomic E-state index is 12.3. The van der Waals surface area contributed by atoms with Crippen LogP contribution >= 0.6 is 0 Å². The fraction of sp³-hybridized carbons (Fsp3) is 0.129. The van der Waals surface area contributed by atoms with Crippen LogP contribution in [0, 0.1) is 0 Å². The molecule has 4 heteroatoms. The number of nitrogens with one attached hydrogen (secondary N) is 2. The Morgan fingerprint density at radius 3 is 2.17 bits per heavy atom. The second kappa shape index (κ2) is 10.7. The molecule has 174 valence electrons. The standard InChI is InChI=1S/C31H28N2O2/c34-31(35-22-30-28-18-6-4-16-26(28)27-17-5-7-19-29(27)30)32-20-9-8-11-23-12-10-15-25(21-23)33-24-13-2-1-3-14-24/h1-8,10-19,21,30,33H,9,20,22H2,(H,32,34). The molecule has 4 aromatic rings. The molecule has 5 rings (SSSR count). The average molecular weight is 461 g/mol. The van der Waals surface area contributed by atoms with Gasteiger partial charge in [0.2, 0.25) is 0 Å². The van der Waals surface area contributed by atoms with Gasteiger partial charge in [0.1, 0.15) is 6.61 Å². The molecule has 0 radical (unpaired) electrons. The van der Waals surface area contributed by atoms with Crippen LogP contribution in [0.4, 0.5) is 16.2 Å². The average Bonchev–Trinajstić information content (AvgIpc) is 3.22. The maximum absolute atomic E-state index is 12.3. The van der Waals surface area contributed by atoms with E-state index in [1.165, 1.54) is 22.3 Å². The minimum absolute atomic E-state index is 0.0739. The quantitative estimate of drug-likeness (QED) is 0.270. The van der Waals surface area contributed by atoms with Crippen LogP contribution in [-0.4, -0.2) is 19.2 Å². The van der Waals surface area contributed by atoms with Crippen LogP contribution in [0.5, 0.6) is 0 Å². The van der Waals surface area contributed by atoms with Crippen LogP contribution in [0.3, 0.4) is 0 Å². The summed E-state index contributed by atoms with van der Waals surface area (Å²) >= 11 is 0. The molecule has 4 aromatic carbocycles. The molecule has 0 spiro atoms. The maximum Gasteiger partial charge on any atom is 0.407 e. The molecule has 2 N–H and O–H groups in total. The summed E-state index contributed by atoms with van der Waals surface area (Å²) in [5, 5.41) is 6.26. The van der Waals surface area contributed by atoms with Crippen LogP contribution in [-0.2, 0) is 4.74 Å². The molecule has 1 aliphatic carbocycles. The van der Waals surface area contributed by atoms with Crippen molar-refractivity contribution in [2.75, 3.05) is 18.5 Å². The number of fused-ring (bicyclic) bond motifs is 3. The topological polar surface area (TPSA) is 50.4 Å². The lowest BCUT2D eigenvalue weighted by Crippen LogP contribution is -2.26. The van der Waals surface area contributed by atoms with Gasteiger partial charge in [-0.2, -0.15) is 0 Å². The highest BCUT2D eigenvalue weighted by Gasteiger charge is 2.28. The number of para-hydroxylation sites is 1. The van der Waals surface area contributed by atoms with Gasteiger partial charge in [0.05, 0.1) is 0 Å². The van der Waals surface area contributed by atoms with E-state index in [0.29, 0.717) is 13.2 Å². The smallest absolute Gasteiger partial charge is 0.407 e. The Hall–Kier alpha value is -4.31. The van der Waals surface area contributed by atoms with Crippen molar-refractivity contribution in [3.8, 4) is 11.1 Å². The number of benzene rings is 4. The van der Waals surface area contributed by atoms with Gasteiger partial charge in [0.25, 0.3) is 0 Å². The molecule has 0 unspecified atom stereocenters. The van der Waals surface area contributed by atoms with Crippen molar-refractivity contribution in [1.29, 1.82) is 0 Å². The summed E-state index contributed by atoms with van der Waals surface area (Å²) in [5.41, 5.74) is 8.08. The van der Waals surface area contributed by atoms with E-state index in [9.17, 15) is 4.79 Å². The number of carbonyl (C=O) groups excluding carboxylic acids is 1. The normalized spacial score (nSPS) is 12.2. The zero-order valence-corrected chi connectivity index (χ0v) is 19.5. The second-order valence-electron chi connectivity index (χ2n) is 8.56. The molecule has 0 bridgehead atoms. The number of amides is 1. The Morgan fingerprint density at radius 2 is 1.43 bits per heavy atom. The van der Waals surface area contributed by atoms with E-state index in [1.54, 1.807) is 0 Å². The number of hydrogen-bond donors (Lipinski definition) is 2. The van der Waals surface area contributed by atoms with Crippen molar-refractivity contribution in [3.05, 3.63) is 126 Å². The molecular weight excluding hydrogens is 432 g/mol. The first-order valence-electron chi connectivity index (χ1n) is 12.0. The van der Waals surface area contributed by atoms with Crippen molar-refractivity contribution >= 4 is 23.5 Å². The number of ether oxygens (including phenoxy) is 1. The van der Waals surface area contributed by atoms with Crippen molar-refractivity contribution < 1.29 is 9.53 Å². The van der Waals surface area contributed by atoms with E-state index in [-0.39, 0.29) is 12.0 Å². The summed E-state index contributed by atoms with van der Waals surface area (Å²) in [5.74, 6) is 0.0739. The summed E-state index contributed by atoms with van der Waals surface area (Å²) < 4.78 is 5.59. The van der Waals surface area contributed by atoms with Crippen molar-refractivity contribution in [2.45, 2.75) is 12.3 Å². The lowest BCUT2D eigenvalue weighted by molar-refractivity contribution is 0.143. The van der Waals surface area contributed by atoms with Crippen LogP contribution in [0.25, 0.3) is 17.2 Å². The van der Waals surface area contributed by atoms with Gasteiger partial charge >= 0.3 is 6.09 Å². The van der Waals surface area contributed by atoms with Gasteiger partial charge in [-0.25, -0.2) is 4.79 Å². The molecule has 0 saturated heterocycles. The molecule has 0 saturated carbocycles. The van der Waals surface area contributed by atoms with E-state index in [0.717, 1.165) is 23.4 Å². The van der Waals surface area contributed by atoms with Crippen molar-refractivity contribution in [1.82, 2.24) is 5.32 Å². The summed E-state index contributed by atoms with van der Waals surface area (Å²) in [7, 11) is 0. The van der Waals surface area contributed by atoms with Crippen LogP contribution in [0.2, 0.25) is 0 Å². The number of hydrogen-bond acceptors (Lipinski definition) is 3. The summed E-state index contributed by atoms with van der Waals surface area (Å²) in [6, 6.07) is 35.0. The van der Waals surface area contributed by atoms with Gasteiger partial charge in [-0.05, 0) is 58.5 Å². The molecule has 0 aliphatic heterocycles. The van der Waals surface area contributed by atoms with E-state index in [4.69, 9.17) is 4.74 Å². The van der Waals surface area contributed by atoms with E-state index in [1.807, 2.05) is 54.6 Å². The SMILES string of the molecule is O=C(NCCC=Cc1cccc(Nc2ccccc2)c1)OCC1c2ccccc2-c2ccccc21. The molecule has 4 nitrogen and oxygen atoms in total. The lowest BCUT2D eigenvalue weighted by Gasteiger charge is -2.14. The van der Waals surface area contributed by atoms with Crippen LogP contribution in [0.15, 0.2) is 109 Å². The predicted octanol–water partition coefficient (Wildman–Crippen LogP) is 7.37. The number of alkyl carbamates (subject to hydrolysis) is 1. The first kappa shape index (κ1) is 22.5. The molecule has 1 amide bonds. The zero-order valence-electron chi connectivity index (χ0n) is 19.5. The zero-order chi connectivity index (χ0) is 23.9. The summed E-state index contributed by atoms with van der Waals surface area (Å²) in [6.07, 6.45) is 4.47. The summed E-state index contributed by atoms with van der Waals surface area (Å²) in [4.78, 5) is 12.3. The van der Waals surface area contributed by atoms with Gasteiger partial charge in [-0.1, -0.05) is 91.0 Å². The van der Waals surface area contributed by atoms with Crippen LogP contribution < -0.4 is 10.6 Å². The lowest BCUT2D eigenvalue weighted by atomic mass is 9.98. The monoisotopic (exact) mass is 460 g/mol. The molecule has 0 fully saturated rings. The molecule has 0 heterocycles. The third-order valence-electron chi connectivity index (χ3n) is 6.18. The number of anilines is 2. The van der Waals surface area contributed by atoms with Gasteiger partial charge in [-0.15, -0.1) is 0 Å². The molecule has 0 atom stereocenters. The third kappa shape index (κ3) is 5.44. The molecule has 35 heavy (non-hydrogen) atoms. The third-order valence-corrected chi connectivity index (χ3v) is 6.18. The summed E-state index contributed by atoms with van der Waals surface area (Å²) in [6.45, 7) is 0.853. The van der Waals surface area contributed by atoms with Crippen LogP contribution in [0.1, 0.15) is 29.0 Å². The largest absolute Gasteiger partial charge is 0.449 e. The highest BCUT2D eigenvalue weighted by Crippen LogP contribution is 2.44. The molecular formula is C31H28N2O2. The Morgan fingerprint density at radius 1 is 0.771 bits per heavy atom. The van der Waals surface area contributed by atoms with Gasteiger partial charge < -0.3 is 15.4 Å². The highest BCUT2D eigenvalue weighted by molar-refractivity contribution is 5.79. The minimum Gasteiger partial charge on any atom is -0.449 e. The Balaban J connectivity index is 1.09. The van der Waals surface area contributed by atoms with E-state index >= 15 is 0 Å². The Kier molecular flexibility index (Phi) is 6.90. The van der Waals surface area contributed by atoms with E-state index < -0.39 is 0 Å². The molecule has 1 aliphatic rings. The number of carbonyl (C=O) groups is 1. The van der Waals surface area contributed by atoms with E-state index in [2.05, 4.69) is 71.3 Å². The number of rotatable bonds is 8. The fourth-order valence-electron chi connectivity index (χ4n) is 4.53. The Bertz CT molecular complexity index is 1290. The first-order valence-corrected chi connectivity index (χ1v) is 12.0. The minimum atomic E-state index is -0.380. The van der Waals surface area contributed by atoms with Crippen molar-refractivity contribution in [2.24, 2.45) is 0 Å². The fourth-order valence-corrected chi connectivity index (χ4v) is 4.53. The molecule has 0 aromatic heterocycles.